The summed E-state index contributed by atoms with van der Waals surface area (Å²) in [5.41, 5.74) is 0.356. The first kappa shape index (κ1) is 13.4. The molecule has 1 atom stereocenters. The van der Waals surface area contributed by atoms with Crippen LogP contribution in [0.15, 0.2) is 12.5 Å². The van der Waals surface area contributed by atoms with Gasteiger partial charge in [0.15, 0.2) is 5.78 Å². The van der Waals surface area contributed by atoms with Crippen molar-refractivity contribution < 1.29 is 9.59 Å². The molecule has 1 amide bonds. The molecule has 0 spiro atoms. The molecule has 1 aromatic rings. The van der Waals surface area contributed by atoms with Crippen LogP contribution in [0.4, 0.5) is 0 Å². The molecule has 94 valence electrons. The highest BCUT2D eigenvalue weighted by Crippen LogP contribution is 2.18. The predicted octanol–water partition coefficient (Wildman–Crippen LogP) is 1.07. The lowest BCUT2D eigenvalue weighted by atomic mass is 9.85. The van der Waals surface area contributed by atoms with Crippen LogP contribution in [-0.2, 0) is 16.0 Å². The first-order valence-corrected chi connectivity index (χ1v) is 5.59. The van der Waals surface area contributed by atoms with E-state index in [-0.39, 0.29) is 11.7 Å². The Hall–Kier alpha value is -1.65. The molecule has 0 aromatic carbocycles. The molecular weight excluding hydrogens is 218 g/mol. The van der Waals surface area contributed by atoms with Crippen LogP contribution in [0.5, 0.6) is 0 Å². The highest BCUT2D eigenvalue weighted by Gasteiger charge is 2.30. The summed E-state index contributed by atoms with van der Waals surface area (Å²) in [4.78, 5) is 30.1. The number of aromatic amines is 1. The van der Waals surface area contributed by atoms with Gasteiger partial charge in [-0.1, -0.05) is 20.8 Å². The second-order valence-corrected chi connectivity index (χ2v) is 5.15. The molecule has 5 heteroatoms. The number of nitrogens with one attached hydrogen (secondary N) is 2. The monoisotopic (exact) mass is 237 g/mol. The van der Waals surface area contributed by atoms with Crippen molar-refractivity contribution >= 4 is 11.7 Å². The summed E-state index contributed by atoms with van der Waals surface area (Å²) in [6.45, 7) is 6.95. The fraction of sp³-hybridized carbons (Fsp3) is 0.583. The van der Waals surface area contributed by atoms with Gasteiger partial charge in [0, 0.05) is 30.7 Å². The third-order valence-electron chi connectivity index (χ3n) is 2.41. The zero-order valence-corrected chi connectivity index (χ0v) is 10.7. The number of nitrogens with zero attached hydrogens (tertiary/aromatic N) is 1. The van der Waals surface area contributed by atoms with Gasteiger partial charge in [-0.15, -0.1) is 0 Å². The lowest BCUT2D eigenvalue weighted by molar-refractivity contribution is -0.131. The zero-order valence-electron chi connectivity index (χ0n) is 10.7. The van der Waals surface area contributed by atoms with Crippen molar-refractivity contribution in [3.05, 3.63) is 18.2 Å². The lowest BCUT2D eigenvalue weighted by Crippen LogP contribution is -2.46. The maximum Gasteiger partial charge on any atom is 0.217 e. The van der Waals surface area contributed by atoms with Crippen molar-refractivity contribution in [3.8, 4) is 0 Å². The quantitative estimate of drug-likeness (QED) is 0.822. The van der Waals surface area contributed by atoms with Crippen LogP contribution in [0.25, 0.3) is 0 Å². The van der Waals surface area contributed by atoms with Crippen molar-refractivity contribution in [2.75, 3.05) is 0 Å². The smallest absolute Gasteiger partial charge is 0.217 e. The second kappa shape index (κ2) is 5.12. The first-order chi connectivity index (χ1) is 7.80. The Balaban J connectivity index is 2.80. The van der Waals surface area contributed by atoms with Crippen molar-refractivity contribution in [1.29, 1.82) is 0 Å². The van der Waals surface area contributed by atoms with Gasteiger partial charge >= 0.3 is 0 Å². The molecule has 1 unspecified atom stereocenters. The molecule has 1 aromatic heterocycles. The lowest BCUT2D eigenvalue weighted by Gasteiger charge is -2.24. The minimum absolute atomic E-state index is 0.0160. The van der Waals surface area contributed by atoms with Crippen LogP contribution in [0, 0.1) is 5.41 Å². The van der Waals surface area contributed by atoms with Crippen LogP contribution in [0.3, 0.4) is 0 Å². The minimum Gasteiger partial charge on any atom is -0.348 e. The van der Waals surface area contributed by atoms with Crippen LogP contribution < -0.4 is 5.32 Å². The van der Waals surface area contributed by atoms with Gasteiger partial charge in [-0.3, -0.25) is 9.59 Å². The summed E-state index contributed by atoms with van der Waals surface area (Å²) in [6.07, 6.45) is 3.65. The molecule has 0 saturated heterocycles. The van der Waals surface area contributed by atoms with Gasteiger partial charge in [0.25, 0.3) is 0 Å². The third kappa shape index (κ3) is 4.01. The van der Waals surface area contributed by atoms with Crippen LogP contribution in [-0.4, -0.2) is 27.7 Å². The van der Waals surface area contributed by atoms with Gasteiger partial charge in [0.2, 0.25) is 5.91 Å². The van der Waals surface area contributed by atoms with E-state index in [4.69, 9.17) is 0 Å². The van der Waals surface area contributed by atoms with E-state index in [2.05, 4.69) is 15.3 Å². The molecule has 0 aliphatic carbocycles. The highest BCUT2D eigenvalue weighted by molar-refractivity contribution is 5.92. The number of carbonyl (C=O) groups is 2. The van der Waals surface area contributed by atoms with Crippen molar-refractivity contribution in [2.45, 2.75) is 40.2 Å². The van der Waals surface area contributed by atoms with E-state index < -0.39 is 11.5 Å². The van der Waals surface area contributed by atoms with Crippen LogP contribution in [0.1, 0.15) is 33.4 Å². The Morgan fingerprint density at radius 2 is 2.12 bits per heavy atom. The number of carbonyl (C=O) groups excluding carboxylic acids is 2. The largest absolute Gasteiger partial charge is 0.348 e. The number of H-pyrrole nitrogens is 1. The minimum atomic E-state index is -0.507. The summed E-state index contributed by atoms with van der Waals surface area (Å²) >= 11 is 0. The number of hydrogen-bond acceptors (Lipinski definition) is 3. The fourth-order valence-electron chi connectivity index (χ4n) is 1.59. The van der Waals surface area contributed by atoms with Gasteiger partial charge in [0.1, 0.15) is 0 Å². The second-order valence-electron chi connectivity index (χ2n) is 5.15. The van der Waals surface area contributed by atoms with Crippen LogP contribution in [0.2, 0.25) is 0 Å². The molecule has 0 radical (unpaired) electrons. The summed E-state index contributed by atoms with van der Waals surface area (Å²) < 4.78 is 0. The average Bonchev–Trinajstić information content (AvgIpc) is 2.66. The van der Waals surface area contributed by atoms with E-state index in [1.807, 2.05) is 20.8 Å². The number of ketones is 1. The Bertz CT molecular complexity index is 390. The zero-order chi connectivity index (χ0) is 13.1. The summed E-state index contributed by atoms with van der Waals surface area (Å²) in [5.74, 6) is -0.186. The highest BCUT2D eigenvalue weighted by atomic mass is 16.2. The first-order valence-electron chi connectivity index (χ1n) is 5.59. The topological polar surface area (TPSA) is 74.8 Å². The van der Waals surface area contributed by atoms with E-state index in [1.165, 1.54) is 6.92 Å². The predicted molar refractivity (Wildman–Crippen MR) is 64.4 cm³/mol. The third-order valence-corrected chi connectivity index (χ3v) is 2.41. The standard InChI is InChI=1S/C12H19N3O2/c1-8(16)15-10(11(17)12(2,3)4)5-9-6-13-7-14-9/h6-7,10H,5H2,1-4H3,(H,13,14)(H,15,16). The SMILES string of the molecule is CC(=O)NC(Cc1cnc[nH]1)C(=O)C(C)(C)C. The Kier molecular flexibility index (Phi) is 4.04. The van der Waals surface area contributed by atoms with Gasteiger partial charge in [-0.2, -0.15) is 0 Å². The van der Waals surface area contributed by atoms with E-state index in [0.717, 1.165) is 5.69 Å². The fourth-order valence-corrected chi connectivity index (χ4v) is 1.59. The number of aromatic nitrogens is 2. The van der Waals surface area contributed by atoms with E-state index in [1.54, 1.807) is 12.5 Å². The summed E-state index contributed by atoms with van der Waals surface area (Å²) in [6, 6.07) is -0.507. The summed E-state index contributed by atoms with van der Waals surface area (Å²) in [7, 11) is 0. The number of rotatable bonds is 4. The molecule has 0 saturated carbocycles. The van der Waals surface area contributed by atoms with E-state index >= 15 is 0 Å². The number of Topliss-reactive ketones (excluding diaryl/α,β-unsaturated/α-hetero) is 1. The molecule has 0 aliphatic heterocycles. The molecular formula is C12H19N3O2. The Morgan fingerprint density at radius 1 is 1.47 bits per heavy atom. The van der Waals surface area contributed by atoms with Crippen LogP contribution >= 0.6 is 0 Å². The van der Waals surface area contributed by atoms with Gasteiger partial charge < -0.3 is 10.3 Å². The maximum atomic E-state index is 12.2. The van der Waals surface area contributed by atoms with Crippen molar-refractivity contribution in [3.63, 3.8) is 0 Å². The molecule has 5 nitrogen and oxygen atoms in total. The number of imidazole rings is 1. The number of amides is 1. The molecule has 0 bridgehead atoms. The van der Waals surface area contributed by atoms with Gasteiger partial charge in [-0.25, -0.2) is 4.98 Å². The van der Waals surface area contributed by atoms with Crippen molar-refractivity contribution in [2.24, 2.45) is 5.41 Å². The Morgan fingerprint density at radius 3 is 2.53 bits per heavy atom. The average molecular weight is 237 g/mol. The van der Waals surface area contributed by atoms with E-state index in [9.17, 15) is 9.59 Å². The maximum absolute atomic E-state index is 12.2. The summed E-state index contributed by atoms with van der Waals surface area (Å²) in [5, 5.41) is 2.69. The van der Waals surface area contributed by atoms with Gasteiger partial charge in [0.05, 0.1) is 12.4 Å². The molecule has 17 heavy (non-hydrogen) atoms. The molecule has 0 fully saturated rings. The van der Waals surface area contributed by atoms with E-state index in [0.29, 0.717) is 6.42 Å². The molecule has 1 rings (SSSR count). The molecule has 0 aliphatic rings. The normalized spacial score (nSPS) is 13.2. The van der Waals surface area contributed by atoms with Gasteiger partial charge in [-0.05, 0) is 0 Å². The Labute approximate surface area is 101 Å². The molecule has 2 N–H and O–H groups in total. The van der Waals surface area contributed by atoms with Crippen molar-refractivity contribution in [1.82, 2.24) is 15.3 Å². The molecule has 1 heterocycles. The number of hydrogen-bond donors (Lipinski definition) is 2.